The zero-order chi connectivity index (χ0) is 13.1. The Hall–Kier alpha value is -2.04. The van der Waals surface area contributed by atoms with Gasteiger partial charge in [-0.3, -0.25) is 4.79 Å². The second-order valence-electron chi connectivity index (χ2n) is 4.62. The quantitative estimate of drug-likeness (QED) is 0.819. The van der Waals surface area contributed by atoms with E-state index in [1.165, 1.54) is 12.1 Å². The Kier molecular flexibility index (Phi) is 3.73. The predicted octanol–water partition coefficient (Wildman–Crippen LogP) is 1.67. The van der Waals surface area contributed by atoms with E-state index in [9.17, 15) is 9.59 Å². The van der Waals surface area contributed by atoms with Crippen LogP contribution < -0.4 is 15.8 Å². The Balaban J connectivity index is 2.82. The molecule has 5 heteroatoms. The van der Waals surface area contributed by atoms with E-state index >= 15 is 0 Å². The second-order valence-corrected chi connectivity index (χ2v) is 4.62. The average Bonchev–Trinajstić information content (AvgIpc) is 2.14. The summed E-state index contributed by atoms with van der Waals surface area (Å²) in [5, 5.41) is 2.62. The third-order valence-electron chi connectivity index (χ3n) is 1.83. The molecule has 0 atom stereocenters. The zero-order valence-corrected chi connectivity index (χ0v) is 10.1. The van der Waals surface area contributed by atoms with Crippen LogP contribution in [0, 0.1) is 0 Å². The molecule has 0 heterocycles. The number of carbonyl (C=O) groups is 2. The van der Waals surface area contributed by atoms with Gasteiger partial charge in [0, 0.05) is 5.54 Å². The summed E-state index contributed by atoms with van der Waals surface area (Å²) >= 11 is 0. The van der Waals surface area contributed by atoms with Gasteiger partial charge in [0.05, 0.1) is 5.56 Å². The van der Waals surface area contributed by atoms with Crippen molar-refractivity contribution in [1.82, 2.24) is 5.32 Å². The average molecular weight is 236 g/mol. The molecule has 1 aromatic carbocycles. The normalized spacial score (nSPS) is 10.8. The monoisotopic (exact) mass is 236 g/mol. The third-order valence-corrected chi connectivity index (χ3v) is 1.83. The van der Waals surface area contributed by atoms with Crippen molar-refractivity contribution in [1.29, 1.82) is 0 Å². The summed E-state index contributed by atoms with van der Waals surface area (Å²) in [6.45, 7) is 5.48. The Morgan fingerprint density at radius 1 is 1.24 bits per heavy atom. The van der Waals surface area contributed by atoms with Crippen LogP contribution in [-0.2, 0) is 0 Å². The number of rotatable bonds is 2. The minimum absolute atomic E-state index is 0.154. The van der Waals surface area contributed by atoms with Crippen LogP contribution in [-0.4, -0.2) is 17.5 Å². The molecule has 0 bridgehead atoms. The van der Waals surface area contributed by atoms with Gasteiger partial charge in [-0.05, 0) is 32.9 Å². The van der Waals surface area contributed by atoms with E-state index in [1.807, 2.05) is 20.8 Å². The molecule has 0 fully saturated rings. The summed E-state index contributed by atoms with van der Waals surface area (Å²) in [7, 11) is 0. The molecule has 5 nitrogen and oxygen atoms in total. The highest BCUT2D eigenvalue weighted by Crippen LogP contribution is 2.17. The number of primary amides is 1. The lowest BCUT2D eigenvalue weighted by Crippen LogP contribution is -2.42. The smallest absolute Gasteiger partial charge is 0.409 e. The molecule has 1 rings (SSSR count). The first-order chi connectivity index (χ1) is 7.79. The molecule has 0 aliphatic carbocycles. The van der Waals surface area contributed by atoms with Gasteiger partial charge in [0.15, 0.2) is 0 Å². The first-order valence-corrected chi connectivity index (χ1v) is 5.18. The largest absolute Gasteiger partial charge is 0.413 e. The summed E-state index contributed by atoms with van der Waals surface area (Å²) in [5.74, 6) is -0.481. The number of hydrogen-bond acceptors (Lipinski definition) is 3. The number of amides is 2. The molecule has 1 aromatic rings. The molecule has 0 aromatic heterocycles. The summed E-state index contributed by atoms with van der Waals surface area (Å²) in [4.78, 5) is 22.6. The maximum atomic E-state index is 11.5. The van der Waals surface area contributed by atoms with E-state index < -0.39 is 17.5 Å². The Morgan fingerprint density at radius 2 is 1.82 bits per heavy atom. The van der Waals surface area contributed by atoms with Crippen molar-refractivity contribution in [2.24, 2.45) is 5.73 Å². The molecule has 0 unspecified atom stereocenters. The van der Waals surface area contributed by atoms with Crippen LogP contribution in [0.2, 0.25) is 0 Å². The summed E-state index contributed by atoms with van der Waals surface area (Å²) < 4.78 is 5.03. The second kappa shape index (κ2) is 4.86. The molecule has 0 radical (unpaired) electrons. The van der Waals surface area contributed by atoms with Crippen LogP contribution in [0.1, 0.15) is 31.1 Å². The highest BCUT2D eigenvalue weighted by Gasteiger charge is 2.17. The van der Waals surface area contributed by atoms with Gasteiger partial charge in [-0.15, -0.1) is 0 Å². The van der Waals surface area contributed by atoms with Crippen LogP contribution >= 0.6 is 0 Å². The number of carbonyl (C=O) groups excluding carboxylic acids is 2. The van der Waals surface area contributed by atoms with E-state index in [1.54, 1.807) is 12.1 Å². The van der Waals surface area contributed by atoms with Crippen molar-refractivity contribution in [3.63, 3.8) is 0 Å². The Morgan fingerprint density at radius 3 is 2.35 bits per heavy atom. The van der Waals surface area contributed by atoms with E-state index in [4.69, 9.17) is 10.5 Å². The first kappa shape index (κ1) is 13.0. The SMILES string of the molecule is CC(C)(C)NC(=O)Oc1ccccc1C(N)=O. The third kappa shape index (κ3) is 4.14. The van der Waals surface area contributed by atoms with Gasteiger partial charge in [0.1, 0.15) is 5.75 Å². The fourth-order valence-corrected chi connectivity index (χ4v) is 1.19. The predicted molar refractivity (Wildman–Crippen MR) is 63.9 cm³/mol. The zero-order valence-electron chi connectivity index (χ0n) is 10.1. The molecule has 0 aliphatic heterocycles. The van der Waals surface area contributed by atoms with E-state index in [-0.39, 0.29) is 11.3 Å². The lowest BCUT2D eigenvalue weighted by molar-refractivity contribution is 0.0998. The molecule has 0 saturated heterocycles. The van der Waals surface area contributed by atoms with Gasteiger partial charge in [0.25, 0.3) is 5.91 Å². The fraction of sp³-hybridized carbons (Fsp3) is 0.333. The maximum Gasteiger partial charge on any atom is 0.413 e. The molecule has 0 saturated carbocycles. The van der Waals surface area contributed by atoms with Gasteiger partial charge in [-0.25, -0.2) is 4.79 Å². The van der Waals surface area contributed by atoms with Crippen molar-refractivity contribution < 1.29 is 14.3 Å². The van der Waals surface area contributed by atoms with E-state index in [0.717, 1.165) is 0 Å². The Labute approximate surface area is 99.9 Å². The molecule has 3 N–H and O–H groups in total. The fourth-order valence-electron chi connectivity index (χ4n) is 1.19. The standard InChI is InChI=1S/C12H16N2O3/c1-12(2,3)14-11(16)17-9-7-5-4-6-8(9)10(13)15/h4-7H,1-3H3,(H2,13,15)(H,14,16). The number of para-hydroxylation sites is 1. The number of nitrogens with two attached hydrogens (primary N) is 1. The van der Waals surface area contributed by atoms with Crippen LogP contribution in [0.25, 0.3) is 0 Å². The van der Waals surface area contributed by atoms with E-state index in [2.05, 4.69) is 5.32 Å². The number of benzene rings is 1. The number of nitrogens with one attached hydrogen (secondary N) is 1. The van der Waals surface area contributed by atoms with Gasteiger partial charge < -0.3 is 15.8 Å². The van der Waals surface area contributed by atoms with Crippen LogP contribution in [0.5, 0.6) is 5.75 Å². The summed E-state index contributed by atoms with van der Waals surface area (Å²) in [6.07, 6.45) is -0.619. The highest BCUT2D eigenvalue weighted by atomic mass is 16.6. The van der Waals surface area contributed by atoms with Crippen LogP contribution in [0.3, 0.4) is 0 Å². The number of hydrogen-bond donors (Lipinski definition) is 2. The minimum Gasteiger partial charge on any atom is -0.409 e. The highest BCUT2D eigenvalue weighted by molar-refractivity contribution is 5.96. The van der Waals surface area contributed by atoms with Crippen molar-refractivity contribution in [2.75, 3.05) is 0 Å². The van der Waals surface area contributed by atoms with Crippen LogP contribution in [0.15, 0.2) is 24.3 Å². The van der Waals surface area contributed by atoms with Crippen molar-refractivity contribution >= 4 is 12.0 Å². The van der Waals surface area contributed by atoms with Gasteiger partial charge in [-0.2, -0.15) is 0 Å². The maximum absolute atomic E-state index is 11.5. The molecule has 17 heavy (non-hydrogen) atoms. The molecule has 0 aliphatic rings. The molecular formula is C12H16N2O3. The molecule has 92 valence electrons. The van der Waals surface area contributed by atoms with Gasteiger partial charge >= 0.3 is 6.09 Å². The topological polar surface area (TPSA) is 81.4 Å². The lowest BCUT2D eigenvalue weighted by atomic mass is 10.1. The lowest BCUT2D eigenvalue weighted by Gasteiger charge is -2.20. The van der Waals surface area contributed by atoms with Crippen LogP contribution in [0.4, 0.5) is 4.79 Å². The van der Waals surface area contributed by atoms with Gasteiger partial charge in [0.2, 0.25) is 0 Å². The van der Waals surface area contributed by atoms with Crippen molar-refractivity contribution in [3.8, 4) is 5.75 Å². The molecular weight excluding hydrogens is 220 g/mol. The minimum atomic E-state index is -0.635. The summed E-state index contributed by atoms with van der Waals surface area (Å²) in [6, 6.07) is 6.32. The van der Waals surface area contributed by atoms with Crippen molar-refractivity contribution in [3.05, 3.63) is 29.8 Å². The molecule has 2 amide bonds. The van der Waals surface area contributed by atoms with Gasteiger partial charge in [-0.1, -0.05) is 12.1 Å². The Bertz CT molecular complexity index is 436. The molecule has 0 spiro atoms. The van der Waals surface area contributed by atoms with Crippen molar-refractivity contribution in [2.45, 2.75) is 26.3 Å². The first-order valence-electron chi connectivity index (χ1n) is 5.18. The number of ether oxygens (including phenoxy) is 1. The summed E-state index contributed by atoms with van der Waals surface area (Å²) in [5.41, 5.74) is 4.94. The van der Waals surface area contributed by atoms with E-state index in [0.29, 0.717) is 0 Å².